The summed E-state index contributed by atoms with van der Waals surface area (Å²) in [6.07, 6.45) is 14.2. The fourth-order valence-corrected chi connectivity index (χ4v) is 1.82. The number of rotatable bonds is 10. The van der Waals surface area contributed by atoms with Crippen molar-refractivity contribution in [1.82, 2.24) is 0 Å². The van der Waals surface area contributed by atoms with Crippen LogP contribution in [0, 0.1) is 0 Å². The number of hydrogen-bond acceptors (Lipinski definition) is 2. The third-order valence-corrected chi connectivity index (χ3v) is 2.83. The molecule has 16 heavy (non-hydrogen) atoms. The molecule has 1 atom stereocenters. The highest BCUT2D eigenvalue weighted by molar-refractivity contribution is 7.80. The lowest BCUT2D eigenvalue weighted by Crippen LogP contribution is -1.81. The molecule has 0 aromatic rings. The summed E-state index contributed by atoms with van der Waals surface area (Å²) in [5, 5.41) is 0. The van der Waals surface area contributed by atoms with Crippen LogP contribution < -0.4 is 0 Å². The van der Waals surface area contributed by atoms with Crippen LogP contribution in [0.15, 0.2) is 0 Å². The van der Waals surface area contributed by atoms with Crippen LogP contribution in [0.1, 0.15) is 71.1 Å². The van der Waals surface area contributed by atoms with Gasteiger partial charge in [-0.05, 0) is 12.2 Å². The van der Waals surface area contributed by atoms with E-state index >= 15 is 0 Å². The second-order valence-electron chi connectivity index (χ2n) is 4.01. The van der Waals surface area contributed by atoms with Crippen molar-refractivity contribution in [2.75, 3.05) is 5.75 Å². The molecule has 0 aromatic carbocycles. The molecule has 0 aromatic heterocycles. The third kappa shape index (κ3) is 24.0. The minimum atomic E-state index is -1.50. The summed E-state index contributed by atoms with van der Waals surface area (Å²) in [6.45, 7) is 2.28. The highest BCUT2D eigenvalue weighted by atomic mass is 32.1. The van der Waals surface area contributed by atoms with Crippen LogP contribution in [0.25, 0.3) is 0 Å². The Morgan fingerprint density at radius 1 is 0.875 bits per heavy atom. The Morgan fingerprint density at radius 2 is 1.19 bits per heavy atom. The molecule has 0 aliphatic heterocycles. The molecule has 2 nitrogen and oxygen atoms in total. The van der Waals surface area contributed by atoms with Crippen molar-refractivity contribution in [1.29, 1.82) is 0 Å². The second kappa shape index (κ2) is 20.9. The topological polar surface area (TPSA) is 37.3 Å². The third-order valence-electron chi connectivity index (χ3n) is 2.51. The highest BCUT2D eigenvalue weighted by Crippen LogP contribution is 2.10. The zero-order valence-electron chi connectivity index (χ0n) is 10.7. The van der Waals surface area contributed by atoms with Crippen molar-refractivity contribution in [3.05, 3.63) is 0 Å². The van der Waals surface area contributed by atoms with E-state index in [1.54, 1.807) is 0 Å². The zero-order valence-corrected chi connectivity index (χ0v) is 12.7. The Morgan fingerprint density at radius 3 is 1.50 bits per heavy atom. The van der Waals surface area contributed by atoms with E-state index in [4.69, 9.17) is 9.46 Å². The SMILES string of the molecule is CCCCCCCCCCCCS.O=[PH2]O. The maximum absolute atomic E-state index is 8.57. The molecule has 0 fully saturated rings. The highest BCUT2D eigenvalue weighted by Gasteiger charge is 1.91. The lowest BCUT2D eigenvalue weighted by molar-refractivity contribution is 0.524. The van der Waals surface area contributed by atoms with Crippen molar-refractivity contribution < 1.29 is 9.46 Å². The van der Waals surface area contributed by atoms with Crippen molar-refractivity contribution >= 4 is 21.3 Å². The first kappa shape index (κ1) is 18.9. The van der Waals surface area contributed by atoms with E-state index in [9.17, 15) is 0 Å². The molecule has 0 radical (unpaired) electrons. The summed E-state index contributed by atoms with van der Waals surface area (Å²) in [5.74, 6) is 1.07. The van der Waals surface area contributed by atoms with Crippen LogP contribution >= 0.6 is 21.3 Å². The van der Waals surface area contributed by atoms with E-state index in [0.29, 0.717) is 0 Å². The molecular formula is C12H29O2PS. The van der Waals surface area contributed by atoms with Crippen molar-refractivity contribution in [3.63, 3.8) is 0 Å². The Hall–Kier alpha value is 0.540. The number of thiol groups is 1. The standard InChI is InChI=1S/C12H26S.H3O2P/c1-2-3-4-5-6-7-8-9-10-11-12-13;1-3-2/h13H,2-12H2,1H3;3H2,(H,1,2). The largest absolute Gasteiger partial charge is 0.348 e. The van der Waals surface area contributed by atoms with Crippen LogP contribution in [0.5, 0.6) is 0 Å². The quantitative estimate of drug-likeness (QED) is 0.348. The van der Waals surface area contributed by atoms with Gasteiger partial charge in [0.2, 0.25) is 0 Å². The van der Waals surface area contributed by atoms with Gasteiger partial charge in [-0.3, -0.25) is 4.57 Å². The van der Waals surface area contributed by atoms with Gasteiger partial charge in [0.15, 0.2) is 8.69 Å². The van der Waals surface area contributed by atoms with Gasteiger partial charge in [0.05, 0.1) is 0 Å². The van der Waals surface area contributed by atoms with E-state index in [2.05, 4.69) is 19.6 Å². The predicted molar refractivity (Wildman–Crippen MR) is 78.3 cm³/mol. The number of hydrogen-bond donors (Lipinski definition) is 2. The Balaban J connectivity index is 0. The molecule has 0 bridgehead atoms. The molecule has 4 heteroatoms. The van der Waals surface area contributed by atoms with Gasteiger partial charge in [0, 0.05) is 0 Å². The van der Waals surface area contributed by atoms with Gasteiger partial charge >= 0.3 is 0 Å². The Kier molecular flexibility index (Phi) is 24.7. The molecule has 100 valence electrons. The minimum absolute atomic E-state index is 1.07. The van der Waals surface area contributed by atoms with E-state index in [0.717, 1.165) is 5.75 Å². The average molecular weight is 268 g/mol. The molecule has 0 saturated carbocycles. The predicted octanol–water partition coefficient (Wildman–Crippen LogP) is 4.49. The van der Waals surface area contributed by atoms with E-state index in [-0.39, 0.29) is 0 Å². The van der Waals surface area contributed by atoms with Crippen molar-refractivity contribution in [3.8, 4) is 0 Å². The molecule has 1 N–H and O–H groups in total. The first-order valence-electron chi connectivity index (χ1n) is 6.52. The first-order chi connectivity index (χ1) is 7.83. The zero-order chi connectivity index (χ0) is 12.5. The molecule has 0 rings (SSSR count). The molecule has 0 heterocycles. The molecular weight excluding hydrogens is 239 g/mol. The van der Waals surface area contributed by atoms with Gasteiger partial charge in [0.25, 0.3) is 0 Å². The molecule has 1 unspecified atom stereocenters. The van der Waals surface area contributed by atoms with Crippen LogP contribution in [-0.2, 0) is 4.57 Å². The van der Waals surface area contributed by atoms with E-state index in [1.807, 2.05) is 0 Å². The summed E-state index contributed by atoms with van der Waals surface area (Å²) in [5.41, 5.74) is 0. The van der Waals surface area contributed by atoms with Gasteiger partial charge in [-0.25, -0.2) is 0 Å². The summed E-state index contributed by atoms with van der Waals surface area (Å²) >= 11 is 4.20. The smallest absolute Gasteiger partial charge is 0.177 e. The summed E-state index contributed by atoms with van der Waals surface area (Å²) in [7, 11) is -1.50. The maximum atomic E-state index is 8.57. The van der Waals surface area contributed by atoms with Crippen LogP contribution in [-0.4, -0.2) is 10.6 Å². The average Bonchev–Trinajstić information content (AvgIpc) is 2.28. The summed E-state index contributed by atoms with van der Waals surface area (Å²) in [4.78, 5) is 7.10. The molecule has 0 aliphatic carbocycles. The van der Waals surface area contributed by atoms with Gasteiger partial charge in [-0.1, -0.05) is 64.7 Å². The monoisotopic (exact) mass is 268 g/mol. The lowest BCUT2D eigenvalue weighted by Gasteiger charge is -2.00. The number of unbranched alkanes of at least 4 members (excludes halogenated alkanes) is 9. The fraction of sp³-hybridized carbons (Fsp3) is 1.00. The van der Waals surface area contributed by atoms with Crippen LogP contribution in [0.3, 0.4) is 0 Å². The van der Waals surface area contributed by atoms with Crippen molar-refractivity contribution in [2.24, 2.45) is 0 Å². The Labute approximate surface area is 108 Å². The van der Waals surface area contributed by atoms with E-state index in [1.165, 1.54) is 64.2 Å². The Bertz CT molecular complexity index is 114. The molecule has 0 saturated heterocycles. The second-order valence-corrected chi connectivity index (χ2v) is 4.67. The van der Waals surface area contributed by atoms with Crippen molar-refractivity contribution in [2.45, 2.75) is 71.1 Å². The first-order valence-corrected chi connectivity index (χ1v) is 8.14. The fourth-order valence-electron chi connectivity index (χ4n) is 1.60. The van der Waals surface area contributed by atoms with Gasteiger partial charge in [-0.15, -0.1) is 0 Å². The summed E-state index contributed by atoms with van der Waals surface area (Å²) < 4.78 is 8.57. The summed E-state index contributed by atoms with van der Waals surface area (Å²) in [6, 6.07) is 0. The van der Waals surface area contributed by atoms with Crippen LogP contribution in [0.2, 0.25) is 0 Å². The van der Waals surface area contributed by atoms with Crippen LogP contribution in [0.4, 0.5) is 0 Å². The molecule has 0 spiro atoms. The lowest BCUT2D eigenvalue weighted by atomic mass is 10.1. The van der Waals surface area contributed by atoms with Gasteiger partial charge < -0.3 is 4.89 Å². The maximum Gasteiger partial charge on any atom is 0.177 e. The minimum Gasteiger partial charge on any atom is -0.348 e. The molecule has 0 amide bonds. The van der Waals surface area contributed by atoms with E-state index < -0.39 is 8.69 Å². The van der Waals surface area contributed by atoms with Gasteiger partial charge in [-0.2, -0.15) is 12.6 Å². The van der Waals surface area contributed by atoms with Gasteiger partial charge in [0.1, 0.15) is 0 Å². The normalized spacial score (nSPS) is 10.4. The molecule has 0 aliphatic rings.